The highest BCUT2D eigenvalue weighted by Crippen LogP contribution is 2.05. The summed E-state index contributed by atoms with van der Waals surface area (Å²) < 4.78 is 0. The topological polar surface area (TPSA) is 3.24 Å². The summed E-state index contributed by atoms with van der Waals surface area (Å²) in [5.41, 5.74) is 0. The molecule has 0 aromatic heterocycles. The van der Waals surface area contributed by atoms with Crippen LogP contribution in [0.25, 0.3) is 0 Å². The number of nitrogens with zero attached hydrogens (tertiary/aromatic N) is 1. The molecule has 0 amide bonds. The maximum atomic E-state index is 4.35. The maximum Gasteiger partial charge on any atom is 0.00148 e. The van der Waals surface area contributed by atoms with Crippen LogP contribution in [-0.2, 0) is 0 Å². The molecule has 1 unspecified atom stereocenters. The highest BCUT2D eigenvalue weighted by atomic mass is 32.1. The van der Waals surface area contributed by atoms with Gasteiger partial charge in [0.25, 0.3) is 0 Å². The summed E-state index contributed by atoms with van der Waals surface area (Å²) >= 11 is 4.35. The van der Waals surface area contributed by atoms with Gasteiger partial charge in [0.1, 0.15) is 0 Å². The Balaban J connectivity index is 3.71. The molecule has 0 N–H and O–H groups in total. The van der Waals surface area contributed by atoms with Crippen molar-refractivity contribution in [2.75, 3.05) is 25.4 Å². The van der Waals surface area contributed by atoms with Gasteiger partial charge in [-0.05, 0) is 37.6 Å². The van der Waals surface area contributed by atoms with Crippen molar-refractivity contribution < 1.29 is 0 Å². The molecule has 0 aliphatic carbocycles. The van der Waals surface area contributed by atoms with E-state index in [1.165, 1.54) is 45.3 Å². The highest BCUT2D eigenvalue weighted by Gasteiger charge is 2.07. The summed E-state index contributed by atoms with van der Waals surface area (Å²) in [5.74, 6) is 1.74. The molecule has 86 valence electrons. The van der Waals surface area contributed by atoms with Crippen LogP contribution < -0.4 is 0 Å². The average Bonchev–Trinajstić information content (AvgIpc) is 2.21. The van der Waals surface area contributed by atoms with Gasteiger partial charge in [0.15, 0.2) is 0 Å². The summed E-state index contributed by atoms with van der Waals surface area (Å²) in [7, 11) is 0. The minimum Gasteiger partial charge on any atom is -0.303 e. The van der Waals surface area contributed by atoms with E-state index in [0.29, 0.717) is 0 Å². The average molecular weight is 217 g/mol. The quantitative estimate of drug-likeness (QED) is 0.579. The van der Waals surface area contributed by atoms with Gasteiger partial charge in [0.05, 0.1) is 0 Å². The largest absolute Gasteiger partial charge is 0.303 e. The molecule has 0 heterocycles. The van der Waals surface area contributed by atoms with Crippen LogP contribution in [0.4, 0.5) is 0 Å². The van der Waals surface area contributed by atoms with Crippen LogP contribution in [0.3, 0.4) is 0 Å². The van der Waals surface area contributed by atoms with Crippen LogP contribution in [0.1, 0.15) is 46.5 Å². The second-order valence-electron chi connectivity index (χ2n) is 4.30. The van der Waals surface area contributed by atoms with Gasteiger partial charge in [-0.25, -0.2) is 0 Å². The van der Waals surface area contributed by atoms with Gasteiger partial charge < -0.3 is 4.90 Å². The second-order valence-corrected chi connectivity index (χ2v) is 4.66. The molecule has 0 aliphatic rings. The molecule has 2 heteroatoms. The molecule has 0 saturated carbocycles. The lowest BCUT2D eigenvalue weighted by atomic mass is 10.2. The van der Waals surface area contributed by atoms with Crippen molar-refractivity contribution in [3.05, 3.63) is 0 Å². The van der Waals surface area contributed by atoms with Crippen molar-refractivity contribution >= 4 is 12.6 Å². The molecule has 14 heavy (non-hydrogen) atoms. The van der Waals surface area contributed by atoms with Gasteiger partial charge in [-0.2, -0.15) is 12.6 Å². The Labute approximate surface area is 95.7 Å². The lowest BCUT2D eigenvalue weighted by molar-refractivity contribution is 0.239. The maximum absolute atomic E-state index is 4.35. The van der Waals surface area contributed by atoms with Crippen LogP contribution in [0.2, 0.25) is 0 Å². The van der Waals surface area contributed by atoms with Crippen LogP contribution in [0.15, 0.2) is 0 Å². The van der Waals surface area contributed by atoms with Crippen molar-refractivity contribution in [2.45, 2.75) is 46.5 Å². The van der Waals surface area contributed by atoms with Gasteiger partial charge in [0, 0.05) is 6.54 Å². The first-order chi connectivity index (χ1) is 6.74. The molecule has 1 atom stereocenters. The van der Waals surface area contributed by atoms with Gasteiger partial charge in [-0.3, -0.25) is 0 Å². The molecule has 0 aromatic rings. The molecule has 0 bridgehead atoms. The summed E-state index contributed by atoms with van der Waals surface area (Å²) in [5, 5.41) is 0. The minimum atomic E-state index is 0.729. The number of hydrogen-bond donors (Lipinski definition) is 1. The third-order valence-corrected chi connectivity index (χ3v) is 3.16. The van der Waals surface area contributed by atoms with E-state index in [1.807, 2.05) is 0 Å². The molecule has 0 aromatic carbocycles. The van der Waals surface area contributed by atoms with Crippen LogP contribution in [0, 0.1) is 5.92 Å². The summed E-state index contributed by atoms with van der Waals surface area (Å²) in [6.45, 7) is 10.6. The highest BCUT2D eigenvalue weighted by molar-refractivity contribution is 7.80. The van der Waals surface area contributed by atoms with E-state index in [9.17, 15) is 0 Å². The first-order valence-electron chi connectivity index (χ1n) is 6.07. The lowest BCUT2D eigenvalue weighted by Gasteiger charge is -2.24. The summed E-state index contributed by atoms with van der Waals surface area (Å²) in [6, 6.07) is 0. The zero-order valence-electron chi connectivity index (χ0n) is 10.1. The Kier molecular flexibility index (Phi) is 10.1. The molecular formula is C12H27NS. The van der Waals surface area contributed by atoms with Crippen LogP contribution in [0.5, 0.6) is 0 Å². The number of thiol groups is 1. The van der Waals surface area contributed by atoms with Crippen molar-refractivity contribution in [1.29, 1.82) is 0 Å². The normalized spacial score (nSPS) is 13.5. The smallest absolute Gasteiger partial charge is 0.00148 e. The van der Waals surface area contributed by atoms with Gasteiger partial charge >= 0.3 is 0 Å². The molecule has 0 fully saturated rings. The fraction of sp³-hybridized carbons (Fsp3) is 1.00. The second kappa shape index (κ2) is 9.85. The zero-order valence-corrected chi connectivity index (χ0v) is 11.0. The number of hydrogen-bond acceptors (Lipinski definition) is 2. The Morgan fingerprint density at radius 2 is 1.57 bits per heavy atom. The zero-order chi connectivity index (χ0) is 10.8. The van der Waals surface area contributed by atoms with E-state index < -0.39 is 0 Å². The third kappa shape index (κ3) is 7.69. The Morgan fingerprint density at radius 1 is 1.07 bits per heavy atom. The van der Waals surface area contributed by atoms with E-state index in [0.717, 1.165) is 11.7 Å². The predicted molar refractivity (Wildman–Crippen MR) is 69.3 cm³/mol. The fourth-order valence-corrected chi connectivity index (χ4v) is 1.67. The van der Waals surface area contributed by atoms with Crippen molar-refractivity contribution in [2.24, 2.45) is 5.92 Å². The fourth-order valence-electron chi connectivity index (χ4n) is 1.56. The monoisotopic (exact) mass is 217 g/mol. The molecule has 0 radical (unpaired) electrons. The lowest BCUT2D eigenvalue weighted by Crippen LogP contribution is -2.31. The minimum absolute atomic E-state index is 0.729. The van der Waals surface area contributed by atoms with Crippen molar-refractivity contribution in [3.63, 3.8) is 0 Å². The summed E-state index contributed by atoms with van der Waals surface area (Å²) in [6.07, 6.45) is 5.28. The van der Waals surface area contributed by atoms with E-state index in [-0.39, 0.29) is 0 Å². The number of rotatable bonds is 9. The molecule has 0 spiro atoms. The molecule has 0 aliphatic heterocycles. The first-order valence-corrected chi connectivity index (χ1v) is 6.71. The molecule has 1 nitrogen and oxygen atoms in total. The Bertz CT molecular complexity index is 109. The molecular weight excluding hydrogens is 190 g/mol. The first kappa shape index (κ1) is 14.3. The Morgan fingerprint density at radius 3 is 1.93 bits per heavy atom. The van der Waals surface area contributed by atoms with Crippen LogP contribution >= 0.6 is 12.6 Å². The van der Waals surface area contributed by atoms with E-state index >= 15 is 0 Å². The summed E-state index contributed by atoms with van der Waals surface area (Å²) in [4.78, 5) is 2.61. The molecule has 0 saturated heterocycles. The van der Waals surface area contributed by atoms with Crippen LogP contribution in [-0.4, -0.2) is 30.3 Å². The van der Waals surface area contributed by atoms with Gasteiger partial charge in [0.2, 0.25) is 0 Å². The van der Waals surface area contributed by atoms with Gasteiger partial charge in [-0.15, -0.1) is 0 Å². The molecule has 0 rings (SSSR count). The SMILES string of the molecule is CCCCN(CCCC)CC(C)CS. The van der Waals surface area contributed by atoms with Crippen molar-refractivity contribution in [3.8, 4) is 0 Å². The van der Waals surface area contributed by atoms with E-state index in [2.05, 4.69) is 38.3 Å². The predicted octanol–water partition coefficient (Wildman–Crippen LogP) is 3.45. The van der Waals surface area contributed by atoms with Gasteiger partial charge in [-0.1, -0.05) is 33.6 Å². The van der Waals surface area contributed by atoms with E-state index in [4.69, 9.17) is 0 Å². The third-order valence-electron chi connectivity index (χ3n) is 2.54. The van der Waals surface area contributed by atoms with E-state index in [1.54, 1.807) is 0 Å². The standard InChI is InChI=1S/C12H27NS/c1-4-6-8-13(9-7-5-2)10-12(3)11-14/h12,14H,4-11H2,1-3H3. The number of unbranched alkanes of at least 4 members (excludes halogenated alkanes) is 2. The van der Waals surface area contributed by atoms with Crippen molar-refractivity contribution in [1.82, 2.24) is 4.90 Å². The Hall–Kier alpha value is 0.310.